The summed E-state index contributed by atoms with van der Waals surface area (Å²) < 4.78 is 31.0. The van der Waals surface area contributed by atoms with E-state index >= 15 is 0 Å². The monoisotopic (exact) mass is 397 g/mol. The van der Waals surface area contributed by atoms with Gasteiger partial charge in [-0.15, -0.1) is 0 Å². The number of hydrogen-bond acceptors (Lipinski definition) is 7. The number of nitrogens with zero attached hydrogens (tertiary/aromatic N) is 4. The van der Waals surface area contributed by atoms with Crippen LogP contribution in [-0.2, 0) is 9.84 Å². The lowest BCUT2D eigenvalue weighted by Gasteiger charge is -2.13. The number of sulfone groups is 1. The van der Waals surface area contributed by atoms with Gasteiger partial charge in [0.2, 0.25) is 15.8 Å². The van der Waals surface area contributed by atoms with Crippen molar-refractivity contribution in [1.29, 1.82) is 0 Å². The van der Waals surface area contributed by atoms with Crippen LogP contribution in [0.2, 0.25) is 0 Å². The van der Waals surface area contributed by atoms with E-state index in [2.05, 4.69) is 36.3 Å². The van der Waals surface area contributed by atoms with Crippen LogP contribution in [0.25, 0.3) is 5.65 Å². The van der Waals surface area contributed by atoms with Crippen molar-refractivity contribution < 1.29 is 13.2 Å². The average Bonchev–Trinajstić information content (AvgIpc) is 2.95. The third-order valence-corrected chi connectivity index (χ3v) is 4.45. The molecule has 0 radical (unpaired) electrons. The third-order valence-electron chi connectivity index (χ3n) is 2.98. The molecule has 0 fully saturated rings. The first kappa shape index (κ1) is 15.7. The highest BCUT2D eigenvalue weighted by Crippen LogP contribution is 2.34. The summed E-state index contributed by atoms with van der Waals surface area (Å²) in [6.07, 6.45) is 2.57. The molecule has 1 aromatic carbocycles. The summed E-state index contributed by atoms with van der Waals surface area (Å²) >= 11 is 3.39. The number of para-hydroxylation sites is 1. The quantitative estimate of drug-likeness (QED) is 0.718. The second-order valence-electron chi connectivity index (χ2n) is 4.65. The van der Waals surface area contributed by atoms with Crippen LogP contribution in [0.5, 0.6) is 5.75 Å². The molecule has 3 rings (SSSR count). The van der Waals surface area contributed by atoms with Crippen LogP contribution in [-0.4, -0.2) is 41.4 Å². The number of hydrogen-bond donors (Lipinski definition) is 1. The van der Waals surface area contributed by atoms with E-state index < -0.39 is 9.84 Å². The van der Waals surface area contributed by atoms with Crippen molar-refractivity contribution >= 4 is 43.1 Å². The number of anilines is 2. The first-order valence-electron chi connectivity index (χ1n) is 6.41. The Balaban J connectivity index is 2.17. The zero-order valence-corrected chi connectivity index (χ0v) is 14.6. The topological polar surface area (TPSA) is 98.5 Å². The molecule has 23 heavy (non-hydrogen) atoms. The van der Waals surface area contributed by atoms with E-state index in [-0.39, 0.29) is 11.1 Å². The van der Waals surface area contributed by atoms with Crippen molar-refractivity contribution in [3.63, 3.8) is 0 Å². The van der Waals surface area contributed by atoms with Crippen LogP contribution in [0.1, 0.15) is 0 Å². The normalized spacial score (nSPS) is 11.6. The molecule has 0 unspecified atom stereocenters. The van der Waals surface area contributed by atoms with Gasteiger partial charge in [0.05, 0.1) is 23.5 Å². The highest BCUT2D eigenvalue weighted by Gasteiger charge is 2.17. The summed E-state index contributed by atoms with van der Waals surface area (Å²) in [6, 6.07) is 7.02. The van der Waals surface area contributed by atoms with Crippen molar-refractivity contribution in [3.8, 4) is 5.75 Å². The molecule has 0 saturated carbocycles. The average molecular weight is 398 g/mol. The van der Waals surface area contributed by atoms with Crippen molar-refractivity contribution in [2.75, 3.05) is 18.7 Å². The number of halogens is 1. The lowest BCUT2D eigenvalue weighted by Crippen LogP contribution is -2.11. The lowest BCUT2D eigenvalue weighted by molar-refractivity contribution is 0.414. The van der Waals surface area contributed by atoms with Gasteiger partial charge in [-0.1, -0.05) is 6.07 Å². The highest BCUT2D eigenvalue weighted by atomic mass is 79.9. The van der Waals surface area contributed by atoms with Crippen LogP contribution in [0.4, 0.5) is 11.6 Å². The Bertz CT molecular complexity index is 986. The van der Waals surface area contributed by atoms with Gasteiger partial charge in [-0.05, 0) is 28.1 Å². The van der Waals surface area contributed by atoms with Gasteiger partial charge in [-0.2, -0.15) is 19.6 Å². The van der Waals surface area contributed by atoms with E-state index in [0.29, 0.717) is 17.1 Å². The van der Waals surface area contributed by atoms with Crippen molar-refractivity contribution in [1.82, 2.24) is 19.6 Å². The minimum absolute atomic E-state index is 0.219. The fraction of sp³-hybridized carbons (Fsp3) is 0.154. The molecule has 0 bridgehead atoms. The van der Waals surface area contributed by atoms with Gasteiger partial charge in [-0.25, -0.2) is 8.42 Å². The first-order chi connectivity index (χ1) is 10.9. The molecular formula is C13H12BrN5O3S. The van der Waals surface area contributed by atoms with Crippen LogP contribution in [0, 0.1) is 0 Å². The number of fused-ring (bicyclic) bond motifs is 1. The van der Waals surface area contributed by atoms with Gasteiger partial charge < -0.3 is 10.1 Å². The Morgan fingerprint density at radius 3 is 2.74 bits per heavy atom. The van der Waals surface area contributed by atoms with Gasteiger partial charge >= 0.3 is 0 Å². The maximum absolute atomic E-state index is 11.8. The molecule has 0 spiro atoms. The predicted octanol–water partition coefficient (Wildman–Crippen LogP) is 2.04. The SMILES string of the molecule is COc1c(Br)cccc1Nc1nc(S(C)(=O)=O)nc2ccnn12. The molecule has 0 amide bonds. The summed E-state index contributed by atoms with van der Waals surface area (Å²) in [7, 11) is -2.02. The molecule has 0 aliphatic carbocycles. The van der Waals surface area contributed by atoms with E-state index in [0.717, 1.165) is 10.7 Å². The second kappa shape index (κ2) is 5.78. The summed E-state index contributed by atoms with van der Waals surface area (Å²) in [5, 5.41) is 6.86. The lowest BCUT2D eigenvalue weighted by atomic mass is 10.3. The Hall–Kier alpha value is -2.20. The van der Waals surface area contributed by atoms with Crippen LogP contribution in [0.15, 0.2) is 40.1 Å². The van der Waals surface area contributed by atoms with Gasteiger partial charge in [0.15, 0.2) is 11.4 Å². The molecular weight excluding hydrogens is 386 g/mol. The molecule has 10 heteroatoms. The molecule has 0 saturated heterocycles. The van der Waals surface area contributed by atoms with Gasteiger partial charge in [0.25, 0.3) is 5.16 Å². The number of aromatic nitrogens is 4. The van der Waals surface area contributed by atoms with Crippen LogP contribution in [0.3, 0.4) is 0 Å². The molecule has 3 aromatic rings. The van der Waals surface area contributed by atoms with E-state index in [1.165, 1.54) is 17.8 Å². The van der Waals surface area contributed by atoms with Gasteiger partial charge in [-0.3, -0.25) is 0 Å². The molecule has 0 aliphatic heterocycles. The molecule has 2 heterocycles. The number of rotatable bonds is 4. The zero-order chi connectivity index (χ0) is 16.6. The fourth-order valence-corrected chi connectivity index (χ4v) is 3.03. The molecule has 2 aromatic heterocycles. The predicted molar refractivity (Wildman–Crippen MR) is 87.9 cm³/mol. The molecule has 0 atom stereocenters. The Morgan fingerprint density at radius 1 is 1.26 bits per heavy atom. The number of methoxy groups -OCH3 is 1. The minimum atomic E-state index is -3.55. The Kier molecular flexibility index (Phi) is 3.94. The maximum atomic E-state index is 11.8. The first-order valence-corrected chi connectivity index (χ1v) is 9.10. The maximum Gasteiger partial charge on any atom is 0.252 e. The summed E-state index contributed by atoms with van der Waals surface area (Å²) in [5.74, 6) is 0.782. The van der Waals surface area contributed by atoms with Gasteiger partial charge in [0.1, 0.15) is 0 Å². The Morgan fingerprint density at radius 2 is 2.04 bits per heavy atom. The summed E-state index contributed by atoms with van der Waals surface area (Å²) in [5.41, 5.74) is 0.980. The molecule has 0 aliphatic rings. The third kappa shape index (κ3) is 2.99. The van der Waals surface area contributed by atoms with Gasteiger partial charge in [0, 0.05) is 12.3 Å². The highest BCUT2D eigenvalue weighted by molar-refractivity contribution is 9.10. The van der Waals surface area contributed by atoms with E-state index in [1.807, 2.05) is 12.1 Å². The largest absolute Gasteiger partial charge is 0.493 e. The van der Waals surface area contributed by atoms with Crippen molar-refractivity contribution in [2.45, 2.75) is 5.16 Å². The standard InChI is InChI=1S/C13H12BrN5O3S/c1-22-11-8(14)4-3-5-9(11)16-12-18-13(23(2,20)21)17-10-6-7-15-19(10)12/h3-7H,1-2H3,(H,16,17,18). The molecule has 120 valence electrons. The number of ether oxygens (including phenoxy) is 1. The van der Waals surface area contributed by atoms with E-state index in [9.17, 15) is 8.42 Å². The fourth-order valence-electron chi connectivity index (χ4n) is 1.99. The molecule has 8 nitrogen and oxygen atoms in total. The number of nitrogens with one attached hydrogen (secondary N) is 1. The van der Waals surface area contributed by atoms with E-state index in [4.69, 9.17) is 4.74 Å². The minimum Gasteiger partial charge on any atom is -0.493 e. The number of benzene rings is 1. The smallest absolute Gasteiger partial charge is 0.252 e. The Labute approximate surface area is 140 Å². The zero-order valence-electron chi connectivity index (χ0n) is 12.2. The van der Waals surface area contributed by atoms with Crippen molar-refractivity contribution in [2.24, 2.45) is 0 Å². The molecule has 1 N–H and O–H groups in total. The van der Waals surface area contributed by atoms with Crippen molar-refractivity contribution in [3.05, 3.63) is 34.9 Å². The summed E-state index contributed by atoms with van der Waals surface area (Å²) in [4.78, 5) is 8.05. The van der Waals surface area contributed by atoms with Crippen LogP contribution >= 0.6 is 15.9 Å². The van der Waals surface area contributed by atoms with E-state index in [1.54, 1.807) is 12.1 Å². The summed E-state index contributed by atoms with van der Waals surface area (Å²) in [6.45, 7) is 0. The van der Waals surface area contributed by atoms with Crippen LogP contribution < -0.4 is 10.1 Å². The second-order valence-corrected chi connectivity index (χ2v) is 7.41.